The number of hydrogen-bond acceptors (Lipinski definition) is 3. The fourth-order valence-corrected chi connectivity index (χ4v) is 2.22. The number of nitrogens with two attached hydrogens (primary N) is 4. The molecule has 0 amide bonds. The number of nitrogens with one attached hydrogen (secondary N) is 2. The minimum Gasteiger partial charge on any atom is -0.370 e. The molecule has 0 radical (unpaired) electrons. The predicted octanol–water partition coefficient (Wildman–Crippen LogP) is -0.195. The van der Waals surface area contributed by atoms with Crippen LogP contribution in [0.5, 0.6) is 0 Å². The number of unbranched alkanes of at least 4 members (excludes halogenated alkanes) is 7. The Morgan fingerprint density at radius 2 is 1.35 bits per heavy atom. The largest absolute Gasteiger partial charge is 0.370 e. The summed E-state index contributed by atoms with van der Waals surface area (Å²) < 4.78 is 0. The van der Waals surface area contributed by atoms with Crippen LogP contribution in [0.2, 0.25) is 0 Å². The average Bonchev–Trinajstić information content (AvgIpc) is 2.60. The first kappa shape index (κ1) is 23.5. The van der Waals surface area contributed by atoms with Crippen LogP contribution in [0.3, 0.4) is 0 Å². The van der Waals surface area contributed by atoms with Crippen molar-refractivity contribution in [3.8, 4) is 0 Å². The van der Waals surface area contributed by atoms with Crippen molar-refractivity contribution in [1.29, 1.82) is 0 Å². The molecule has 0 spiro atoms. The SMILES string of the molecule is CN=C(N)NC(=NC)NCCCCCCCCCCN=C(N)N=C(N)N. The van der Waals surface area contributed by atoms with Gasteiger partial charge in [-0.3, -0.25) is 20.3 Å². The number of nitrogens with zero attached hydrogens (tertiary/aromatic N) is 4. The van der Waals surface area contributed by atoms with E-state index in [4.69, 9.17) is 22.9 Å². The molecule has 26 heavy (non-hydrogen) atoms. The lowest BCUT2D eigenvalue weighted by Gasteiger charge is -2.10. The maximum Gasteiger partial charge on any atom is 0.218 e. The Morgan fingerprint density at radius 1 is 0.769 bits per heavy atom. The number of rotatable bonds is 11. The van der Waals surface area contributed by atoms with E-state index in [-0.39, 0.29) is 11.9 Å². The highest BCUT2D eigenvalue weighted by molar-refractivity contribution is 5.97. The van der Waals surface area contributed by atoms with Crippen molar-refractivity contribution in [3.63, 3.8) is 0 Å². The molecular formula is C16H36N10. The molecule has 0 atom stereocenters. The average molecular weight is 369 g/mol. The van der Waals surface area contributed by atoms with Gasteiger partial charge in [-0.25, -0.2) is 0 Å². The van der Waals surface area contributed by atoms with E-state index < -0.39 is 0 Å². The van der Waals surface area contributed by atoms with Crippen LogP contribution in [0, 0.1) is 0 Å². The molecule has 0 aliphatic rings. The normalized spacial score (nSPS) is 12.8. The summed E-state index contributed by atoms with van der Waals surface area (Å²) in [5, 5.41) is 6.11. The van der Waals surface area contributed by atoms with Crippen LogP contribution in [0.25, 0.3) is 0 Å². The minimum atomic E-state index is -0.0603. The monoisotopic (exact) mass is 368 g/mol. The van der Waals surface area contributed by atoms with Crippen molar-refractivity contribution in [3.05, 3.63) is 0 Å². The summed E-state index contributed by atoms with van der Waals surface area (Å²) in [6, 6.07) is 0. The van der Waals surface area contributed by atoms with Gasteiger partial charge in [0.05, 0.1) is 0 Å². The third kappa shape index (κ3) is 15.0. The summed E-state index contributed by atoms with van der Waals surface area (Å²) in [6.07, 6.45) is 9.38. The van der Waals surface area contributed by atoms with Gasteiger partial charge in [-0.1, -0.05) is 38.5 Å². The predicted molar refractivity (Wildman–Crippen MR) is 111 cm³/mol. The summed E-state index contributed by atoms with van der Waals surface area (Å²) >= 11 is 0. The molecule has 0 heterocycles. The van der Waals surface area contributed by atoms with Crippen LogP contribution in [0.4, 0.5) is 0 Å². The Morgan fingerprint density at radius 3 is 1.88 bits per heavy atom. The molecule has 0 saturated heterocycles. The van der Waals surface area contributed by atoms with Crippen molar-refractivity contribution < 1.29 is 0 Å². The molecule has 0 aromatic carbocycles. The van der Waals surface area contributed by atoms with Crippen LogP contribution >= 0.6 is 0 Å². The highest BCUT2D eigenvalue weighted by atomic mass is 15.2. The lowest BCUT2D eigenvalue weighted by atomic mass is 10.1. The van der Waals surface area contributed by atoms with Crippen molar-refractivity contribution in [2.45, 2.75) is 51.4 Å². The smallest absolute Gasteiger partial charge is 0.218 e. The van der Waals surface area contributed by atoms with Crippen LogP contribution in [-0.2, 0) is 0 Å². The van der Waals surface area contributed by atoms with E-state index >= 15 is 0 Å². The third-order valence-electron chi connectivity index (χ3n) is 3.61. The van der Waals surface area contributed by atoms with Crippen LogP contribution in [0.1, 0.15) is 51.4 Å². The van der Waals surface area contributed by atoms with Gasteiger partial charge in [-0.05, 0) is 12.8 Å². The zero-order valence-electron chi connectivity index (χ0n) is 16.2. The van der Waals surface area contributed by atoms with Gasteiger partial charge < -0.3 is 28.3 Å². The van der Waals surface area contributed by atoms with Gasteiger partial charge in [0.15, 0.2) is 17.9 Å². The van der Waals surface area contributed by atoms with Gasteiger partial charge in [0.25, 0.3) is 0 Å². The summed E-state index contributed by atoms with van der Waals surface area (Å²) in [7, 11) is 3.34. The van der Waals surface area contributed by atoms with Crippen molar-refractivity contribution in [2.24, 2.45) is 42.9 Å². The molecule has 0 aromatic rings. The standard InChI is InChI=1S/C16H36N10/c1-21-14(19)26-16(22-2)24-12-10-8-6-4-3-5-7-9-11-23-15(20)25-13(17)18/h3-12H2,1-2H3,(H6,17,18,20,23,25)(H4,19,21,22,24,26). The topological polar surface area (TPSA) is 178 Å². The first-order valence-electron chi connectivity index (χ1n) is 9.09. The second kappa shape index (κ2) is 16.0. The number of hydrogen-bond donors (Lipinski definition) is 6. The third-order valence-corrected chi connectivity index (χ3v) is 3.61. The second-order valence-electron chi connectivity index (χ2n) is 5.84. The summed E-state index contributed by atoms with van der Waals surface area (Å²) in [6.45, 7) is 1.53. The Balaban J connectivity index is 3.48. The minimum absolute atomic E-state index is 0.0603. The summed E-state index contributed by atoms with van der Waals surface area (Å²) in [5.41, 5.74) is 21.6. The van der Waals surface area contributed by atoms with Gasteiger partial charge in [0, 0.05) is 27.2 Å². The van der Waals surface area contributed by atoms with E-state index in [1.807, 2.05) is 0 Å². The molecule has 10 N–H and O–H groups in total. The Hall–Kier alpha value is -2.52. The summed E-state index contributed by atoms with van der Waals surface area (Å²) in [4.78, 5) is 15.7. The molecule has 0 aromatic heterocycles. The lowest BCUT2D eigenvalue weighted by Crippen LogP contribution is -2.44. The van der Waals surface area contributed by atoms with Gasteiger partial charge >= 0.3 is 0 Å². The zero-order chi connectivity index (χ0) is 19.6. The Bertz CT molecular complexity index is 477. The van der Waals surface area contributed by atoms with E-state index in [0.717, 1.165) is 25.8 Å². The molecule has 10 nitrogen and oxygen atoms in total. The summed E-state index contributed by atoms with van der Waals surface area (Å²) in [5.74, 6) is 1.09. The second-order valence-corrected chi connectivity index (χ2v) is 5.84. The van der Waals surface area contributed by atoms with Gasteiger partial charge in [0.2, 0.25) is 5.96 Å². The molecular weight excluding hydrogens is 332 g/mol. The first-order chi connectivity index (χ1) is 12.5. The molecule has 0 saturated carbocycles. The number of aliphatic imine (C=N–C) groups is 4. The molecule has 0 aliphatic heterocycles. The van der Waals surface area contributed by atoms with E-state index in [9.17, 15) is 0 Å². The molecule has 0 fully saturated rings. The van der Waals surface area contributed by atoms with E-state index in [2.05, 4.69) is 30.6 Å². The van der Waals surface area contributed by atoms with Crippen molar-refractivity contribution in [2.75, 3.05) is 27.2 Å². The molecule has 0 aliphatic carbocycles. The Kier molecular flexibility index (Phi) is 14.4. The van der Waals surface area contributed by atoms with Gasteiger partial charge in [0.1, 0.15) is 0 Å². The molecule has 0 unspecified atom stereocenters. The maximum absolute atomic E-state index is 5.60. The van der Waals surface area contributed by atoms with Crippen molar-refractivity contribution >= 4 is 23.8 Å². The molecule has 10 heteroatoms. The van der Waals surface area contributed by atoms with E-state index in [1.54, 1.807) is 14.1 Å². The van der Waals surface area contributed by atoms with Crippen LogP contribution < -0.4 is 33.6 Å². The molecule has 0 bridgehead atoms. The van der Waals surface area contributed by atoms with Crippen LogP contribution in [-0.4, -0.2) is 51.0 Å². The lowest BCUT2D eigenvalue weighted by molar-refractivity contribution is 0.567. The molecule has 150 valence electrons. The quantitative estimate of drug-likeness (QED) is 0.167. The van der Waals surface area contributed by atoms with Gasteiger partial charge in [-0.2, -0.15) is 4.99 Å². The fraction of sp³-hybridized carbons (Fsp3) is 0.750. The Labute approximate surface area is 156 Å². The van der Waals surface area contributed by atoms with E-state index in [1.165, 1.54) is 32.1 Å². The van der Waals surface area contributed by atoms with Gasteiger partial charge in [-0.15, -0.1) is 0 Å². The highest BCUT2D eigenvalue weighted by Crippen LogP contribution is 2.08. The van der Waals surface area contributed by atoms with Crippen molar-refractivity contribution in [1.82, 2.24) is 10.6 Å². The maximum atomic E-state index is 5.60. The number of guanidine groups is 4. The molecule has 0 rings (SSSR count). The highest BCUT2D eigenvalue weighted by Gasteiger charge is 1.98. The van der Waals surface area contributed by atoms with E-state index in [0.29, 0.717) is 18.5 Å². The fourth-order valence-electron chi connectivity index (χ4n) is 2.22. The van der Waals surface area contributed by atoms with Crippen LogP contribution in [0.15, 0.2) is 20.0 Å². The first-order valence-corrected chi connectivity index (χ1v) is 9.09. The zero-order valence-corrected chi connectivity index (χ0v) is 16.2.